The van der Waals surface area contributed by atoms with Gasteiger partial charge in [0.15, 0.2) is 0 Å². The lowest BCUT2D eigenvalue weighted by Gasteiger charge is -2.17. The highest BCUT2D eigenvalue weighted by Gasteiger charge is 2.31. The van der Waals surface area contributed by atoms with Crippen LogP contribution in [0.4, 0.5) is 10.5 Å². The Morgan fingerprint density at radius 3 is 2.61 bits per heavy atom. The average Bonchev–Trinajstić information content (AvgIpc) is 2.71. The topological polar surface area (TPSA) is 61.4 Å². The first-order valence-corrected chi connectivity index (χ1v) is 5.95. The van der Waals surface area contributed by atoms with Gasteiger partial charge in [-0.25, -0.2) is 4.79 Å². The van der Waals surface area contributed by atoms with Crippen LogP contribution in [0, 0.1) is 6.92 Å². The van der Waals surface area contributed by atoms with E-state index >= 15 is 0 Å². The molecule has 5 heteroatoms. The first kappa shape index (κ1) is 12.4. The number of benzene rings is 1. The molecule has 1 aromatic carbocycles. The zero-order chi connectivity index (χ0) is 13.1. The van der Waals surface area contributed by atoms with Gasteiger partial charge in [-0.1, -0.05) is 17.7 Å². The van der Waals surface area contributed by atoms with E-state index in [4.69, 9.17) is 0 Å². The number of nitrogens with one attached hydrogen (secondary N) is 2. The van der Waals surface area contributed by atoms with E-state index in [0.29, 0.717) is 13.0 Å². The van der Waals surface area contributed by atoms with Crippen molar-refractivity contribution in [2.75, 3.05) is 18.5 Å². The van der Waals surface area contributed by atoms with Crippen molar-refractivity contribution < 1.29 is 9.59 Å². The summed E-state index contributed by atoms with van der Waals surface area (Å²) >= 11 is 0. The maximum atomic E-state index is 11.9. The van der Waals surface area contributed by atoms with Crippen molar-refractivity contribution >= 4 is 17.6 Å². The summed E-state index contributed by atoms with van der Waals surface area (Å²) in [5, 5.41) is 5.25. The van der Waals surface area contributed by atoms with Gasteiger partial charge in [-0.3, -0.25) is 4.79 Å². The summed E-state index contributed by atoms with van der Waals surface area (Å²) < 4.78 is 0. The lowest BCUT2D eigenvalue weighted by Crippen LogP contribution is -2.41. The number of hydrogen-bond donors (Lipinski definition) is 2. The van der Waals surface area contributed by atoms with E-state index in [1.165, 1.54) is 0 Å². The fraction of sp³-hybridized carbons (Fsp3) is 0.385. The normalized spacial score (nSPS) is 18.9. The Kier molecular flexibility index (Phi) is 3.50. The second-order valence-electron chi connectivity index (χ2n) is 4.46. The van der Waals surface area contributed by atoms with Gasteiger partial charge in [-0.05, 0) is 19.1 Å². The van der Waals surface area contributed by atoms with E-state index in [0.717, 1.165) is 11.3 Å². The van der Waals surface area contributed by atoms with E-state index < -0.39 is 0 Å². The summed E-state index contributed by atoms with van der Waals surface area (Å²) in [6, 6.07) is 7.42. The molecular formula is C13H17N3O2. The minimum absolute atomic E-state index is 0.0419. The van der Waals surface area contributed by atoms with Crippen molar-refractivity contribution in [1.82, 2.24) is 10.6 Å². The molecule has 1 saturated heterocycles. The predicted molar refractivity (Wildman–Crippen MR) is 69.5 cm³/mol. The largest absolute Gasteiger partial charge is 0.341 e. The highest BCUT2D eigenvalue weighted by molar-refractivity contribution is 5.96. The monoisotopic (exact) mass is 247 g/mol. The summed E-state index contributed by atoms with van der Waals surface area (Å²) in [4.78, 5) is 24.8. The van der Waals surface area contributed by atoms with Gasteiger partial charge in [-0.2, -0.15) is 0 Å². The quantitative estimate of drug-likeness (QED) is 0.820. The van der Waals surface area contributed by atoms with Crippen LogP contribution in [0.3, 0.4) is 0 Å². The van der Waals surface area contributed by atoms with Gasteiger partial charge in [0, 0.05) is 25.7 Å². The van der Waals surface area contributed by atoms with E-state index in [1.807, 2.05) is 31.2 Å². The first-order chi connectivity index (χ1) is 8.60. The zero-order valence-electron chi connectivity index (χ0n) is 10.6. The van der Waals surface area contributed by atoms with Crippen molar-refractivity contribution in [1.29, 1.82) is 0 Å². The van der Waals surface area contributed by atoms with Gasteiger partial charge in [0.05, 0.1) is 6.04 Å². The molecule has 1 aliphatic rings. The fourth-order valence-corrected chi connectivity index (χ4v) is 2.04. The van der Waals surface area contributed by atoms with Crippen molar-refractivity contribution in [2.45, 2.75) is 19.4 Å². The highest BCUT2D eigenvalue weighted by Crippen LogP contribution is 2.21. The molecule has 3 amide bonds. The van der Waals surface area contributed by atoms with Crippen LogP contribution in [-0.4, -0.2) is 31.6 Å². The molecule has 1 aromatic rings. The van der Waals surface area contributed by atoms with Crippen LogP contribution >= 0.6 is 0 Å². The number of anilines is 1. The van der Waals surface area contributed by atoms with E-state index in [1.54, 1.807) is 11.9 Å². The smallest absolute Gasteiger partial charge is 0.314 e. The second kappa shape index (κ2) is 5.08. The Bertz CT molecular complexity index is 456. The lowest BCUT2D eigenvalue weighted by molar-refractivity contribution is -0.117. The first-order valence-electron chi connectivity index (χ1n) is 5.95. The van der Waals surface area contributed by atoms with Gasteiger partial charge in [-0.15, -0.1) is 0 Å². The molecule has 5 nitrogen and oxygen atoms in total. The third-order valence-electron chi connectivity index (χ3n) is 3.03. The predicted octanol–water partition coefficient (Wildman–Crippen LogP) is 1.03. The number of carbonyl (C=O) groups excluding carboxylic acids is 2. The molecule has 0 spiro atoms. The van der Waals surface area contributed by atoms with E-state index in [9.17, 15) is 9.59 Å². The number of amides is 3. The molecule has 96 valence electrons. The van der Waals surface area contributed by atoms with Crippen LogP contribution in [0.2, 0.25) is 0 Å². The van der Waals surface area contributed by atoms with E-state index in [2.05, 4.69) is 10.6 Å². The molecular weight excluding hydrogens is 230 g/mol. The zero-order valence-corrected chi connectivity index (χ0v) is 10.6. The summed E-state index contributed by atoms with van der Waals surface area (Å²) in [5.74, 6) is 0.0419. The van der Waals surface area contributed by atoms with Crippen LogP contribution < -0.4 is 15.5 Å². The van der Waals surface area contributed by atoms with Crippen molar-refractivity contribution in [3.63, 3.8) is 0 Å². The Hall–Kier alpha value is -2.04. The molecule has 0 saturated carbocycles. The van der Waals surface area contributed by atoms with Crippen LogP contribution in [0.1, 0.15) is 12.0 Å². The summed E-state index contributed by atoms with van der Waals surface area (Å²) in [6.45, 7) is 2.53. The third kappa shape index (κ3) is 2.61. The highest BCUT2D eigenvalue weighted by atomic mass is 16.2. The van der Waals surface area contributed by atoms with Crippen LogP contribution in [0.15, 0.2) is 24.3 Å². The molecule has 1 heterocycles. The number of nitrogens with zero attached hydrogens (tertiary/aromatic N) is 1. The second-order valence-corrected chi connectivity index (χ2v) is 4.46. The Morgan fingerprint density at radius 1 is 1.33 bits per heavy atom. The summed E-state index contributed by atoms with van der Waals surface area (Å²) in [6.07, 6.45) is 0.349. The van der Waals surface area contributed by atoms with Crippen LogP contribution in [0.5, 0.6) is 0 Å². The molecule has 0 aliphatic carbocycles. The maximum absolute atomic E-state index is 11.9. The molecule has 2 N–H and O–H groups in total. The number of hydrogen-bond acceptors (Lipinski definition) is 2. The molecule has 0 bridgehead atoms. The Morgan fingerprint density at radius 2 is 2.00 bits per heavy atom. The van der Waals surface area contributed by atoms with Crippen LogP contribution in [0.25, 0.3) is 0 Å². The van der Waals surface area contributed by atoms with Gasteiger partial charge in [0.25, 0.3) is 0 Å². The molecule has 2 rings (SSSR count). The minimum Gasteiger partial charge on any atom is -0.341 e. The van der Waals surface area contributed by atoms with Crippen molar-refractivity contribution in [2.24, 2.45) is 0 Å². The Labute approximate surface area is 106 Å². The molecule has 0 aromatic heterocycles. The van der Waals surface area contributed by atoms with Crippen molar-refractivity contribution in [3.05, 3.63) is 29.8 Å². The maximum Gasteiger partial charge on any atom is 0.314 e. The molecule has 0 radical (unpaired) electrons. The fourth-order valence-electron chi connectivity index (χ4n) is 2.04. The van der Waals surface area contributed by atoms with Gasteiger partial charge >= 0.3 is 6.03 Å². The van der Waals surface area contributed by atoms with Gasteiger partial charge in [0.1, 0.15) is 0 Å². The third-order valence-corrected chi connectivity index (χ3v) is 3.03. The number of urea groups is 1. The number of carbonyl (C=O) groups is 2. The Balaban J connectivity index is 2.05. The number of rotatable bonds is 2. The lowest BCUT2D eigenvalue weighted by atomic mass is 10.2. The summed E-state index contributed by atoms with van der Waals surface area (Å²) in [5.41, 5.74) is 2.04. The number of aryl methyl sites for hydroxylation is 1. The van der Waals surface area contributed by atoms with Gasteiger partial charge < -0.3 is 15.5 Å². The SMILES string of the molecule is CNC(=O)N[C@H]1CC(=O)N(c2ccc(C)cc2)C1. The van der Waals surface area contributed by atoms with Crippen LogP contribution in [-0.2, 0) is 4.79 Å². The summed E-state index contributed by atoms with van der Waals surface area (Å²) in [7, 11) is 1.56. The van der Waals surface area contributed by atoms with Gasteiger partial charge in [0.2, 0.25) is 5.91 Å². The molecule has 0 unspecified atom stereocenters. The average molecular weight is 247 g/mol. The molecule has 1 atom stereocenters. The molecule has 1 fully saturated rings. The molecule has 18 heavy (non-hydrogen) atoms. The van der Waals surface area contributed by atoms with Crippen molar-refractivity contribution in [3.8, 4) is 0 Å². The van der Waals surface area contributed by atoms with E-state index in [-0.39, 0.29) is 18.0 Å². The molecule has 1 aliphatic heterocycles. The minimum atomic E-state index is -0.251. The standard InChI is InChI=1S/C13H17N3O2/c1-9-3-5-11(6-4-9)16-8-10(7-12(16)17)15-13(18)14-2/h3-6,10H,7-8H2,1-2H3,(H2,14,15,18)/t10-/m0/s1.